The molecule has 0 bridgehead atoms. The van der Waals surface area contributed by atoms with Crippen molar-refractivity contribution < 1.29 is 5.11 Å². The molecule has 1 aromatic heterocycles. The van der Waals surface area contributed by atoms with E-state index < -0.39 is 0 Å². The van der Waals surface area contributed by atoms with Crippen molar-refractivity contribution in [3.63, 3.8) is 0 Å². The lowest BCUT2D eigenvalue weighted by Crippen LogP contribution is -2.45. The Morgan fingerprint density at radius 2 is 2.29 bits per heavy atom. The summed E-state index contributed by atoms with van der Waals surface area (Å²) in [6.45, 7) is 2.31. The van der Waals surface area contributed by atoms with Crippen LogP contribution in [0, 0.1) is 5.92 Å². The second-order valence-electron chi connectivity index (χ2n) is 5.04. The molecule has 0 aliphatic heterocycles. The number of hydrogen-bond donors (Lipinski definition) is 3. The van der Waals surface area contributed by atoms with Crippen molar-refractivity contribution in [2.24, 2.45) is 5.92 Å². The van der Waals surface area contributed by atoms with Crippen LogP contribution in [-0.4, -0.2) is 27.2 Å². The molecule has 94 valence electrons. The Labute approximate surface area is 100 Å². The van der Waals surface area contributed by atoms with Crippen molar-refractivity contribution in [2.45, 2.75) is 38.1 Å². The molecule has 1 fully saturated rings. The molecule has 0 spiro atoms. The van der Waals surface area contributed by atoms with E-state index in [1.807, 2.05) is 0 Å². The van der Waals surface area contributed by atoms with Crippen LogP contribution < -0.4 is 10.9 Å². The molecule has 0 saturated heterocycles. The topological polar surface area (TPSA) is 78.0 Å². The molecule has 2 rings (SSSR count). The summed E-state index contributed by atoms with van der Waals surface area (Å²) in [6.07, 6.45) is 5.40. The molecule has 0 atom stereocenters. The molecule has 5 heteroatoms. The van der Waals surface area contributed by atoms with Crippen LogP contribution in [0.15, 0.2) is 17.2 Å². The van der Waals surface area contributed by atoms with Crippen LogP contribution in [0.2, 0.25) is 0 Å². The van der Waals surface area contributed by atoms with E-state index in [0.717, 1.165) is 25.7 Å². The van der Waals surface area contributed by atoms with Gasteiger partial charge in [-0.05, 0) is 31.6 Å². The average Bonchev–Trinajstić information content (AvgIpc) is 2.33. The van der Waals surface area contributed by atoms with E-state index in [2.05, 4.69) is 22.2 Å². The second kappa shape index (κ2) is 4.87. The number of aliphatic hydroxyl groups is 1. The van der Waals surface area contributed by atoms with Crippen molar-refractivity contribution >= 4 is 5.82 Å². The summed E-state index contributed by atoms with van der Waals surface area (Å²) in [7, 11) is 0. The van der Waals surface area contributed by atoms with Gasteiger partial charge < -0.3 is 15.4 Å². The molecular formula is C12H19N3O2. The standard InChI is InChI=1S/C12H19N3O2/c1-9-2-4-12(7-16,5-3-9)15-10-6-11(17)14-8-13-10/h6,8-9,16H,2-5,7H2,1H3,(H2,13,14,15,17). The van der Waals surface area contributed by atoms with Gasteiger partial charge >= 0.3 is 0 Å². The first-order chi connectivity index (χ1) is 8.13. The SMILES string of the molecule is CC1CCC(CO)(Nc2cc(=O)[nH]cn2)CC1. The highest BCUT2D eigenvalue weighted by Gasteiger charge is 2.33. The van der Waals surface area contributed by atoms with E-state index in [0.29, 0.717) is 11.7 Å². The zero-order valence-electron chi connectivity index (χ0n) is 10.1. The minimum atomic E-state index is -0.312. The third-order valence-electron chi connectivity index (χ3n) is 3.61. The van der Waals surface area contributed by atoms with Crippen LogP contribution in [0.3, 0.4) is 0 Å². The van der Waals surface area contributed by atoms with Crippen molar-refractivity contribution in [1.29, 1.82) is 0 Å². The molecule has 1 aliphatic rings. The molecule has 0 aromatic carbocycles. The fourth-order valence-electron chi connectivity index (χ4n) is 2.35. The van der Waals surface area contributed by atoms with Gasteiger partial charge in [0.05, 0.1) is 18.5 Å². The zero-order valence-corrected chi connectivity index (χ0v) is 10.1. The van der Waals surface area contributed by atoms with Gasteiger partial charge in [-0.25, -0.2) is 4.98 Å². The smallest absolute Gasteiger partial charge is 0.252 e. The maximum atomic E-state index is 11.2. The second-order valence-corrected chi connectivity index (χ2v) is 5.04. The van der Waals surface area contributed by atoms with Crippen LogP contribution in [-0.2, 0) is 0 Å². The van der Waals surface area contributed by atoms with E-state index in [1.54, 1.807) is 0 Å². The Balaban J connectivity index is 2.12. The normalized spacial score (nSPS) is 28.9. The molecule has 1 saturated carbocycles. The molecule has 0 radical (unpaired) electrons. The van der Waals surface area contributed by atoms with E-state index in [-0.39, 0.29) is 17.7 Å². The van der Waals surface area contributed by atoms with Crippen LogP contribution in [0.5, 0.6) is 0 Å². The summed E-state index contributed by atoms with van der Waals surface area (Å²) < 4.78 is 0. The molecule has 5 nitrogen and oxygen atoms in total. The van der Waals surface area contributed by atoms with Gasteiger partial charge in [-0.2, -0.15) is 0 Å². The predicted octanol–water partition coefficient (Wildman–Crippen LogP) is 1.12. The minimum absolute atomic E-state index is 0.0776. The lowest BCUT2D eigenvalue weighted by molar-refractivity contribution is 0.155. The zero-order chi connectivity index (χ0) is 12.3. The van der Waals surface area contributed by atoms with E-state index in [1.165, 1.54) is 12.4 Å². The molecule has 1 aliphatic carbocycles. The summed E-state index contributed by atoms with van der Waals surface area (Å²) in [4.78, 5) is 17.7. The van der Waals surface area contributed by atoms with Gasteiger partial charge in [-0.1, -0.05) is 6.92 Å². The van der Waals surface area contributed by atoms with Gasteiger partial charge in [-0.3, -0.25) is 4.79 Å². The summed E-state index contributed by atoms with van der Waals surface area (Å²) in [5.41, 5.74) is -0.493. The van der Waals surface area contributed by atoms with Crippen molar-refractivity contribution in [1.82, 2.24) is 9.97 Å². The molecule has 0 amide bonds. The largest absolute Gasteiger partial charge is 0.394 e. The van der Waals surface area contributed by atoms with Gasteiger partial charge in [0.15, 0.2) is 0 Å². The highest BCUT2D eigenvalue weighted by molar-refractivity contribution is 5.36. The highest BCUT2D eigenvalue weighted by atomic mass is 16.3. The lowest BCUT2D eigenvalue weighted by atomic mass is 9.77. The lowest BCUT2D eigenvalue weighted by Gasteiger charge is -2.39. The van der Waals surface area contributed by atoms with Gasteiger partial charge in [0, 0.05) is 6.07 Å². The predicted molar refractivity (Wildman–Crippen MR) is 65.9 cm³/mol. The molecular weight excluding hydrogens is 218 g/mol. The Morgan fingerprint density at radius 3 is 2.88 bits per heavy atom. The molecule has 17 heavy (non-hydrogen) atoms. The molecule has 0 unspecified atom stereocenters. The van der Waals surface area contributed by atoms with Crippen LogP contribution in [0.1, 0.15) is 32.6 Å². The third-order valence-corrected chi connectivity index (χ3v) is 3.61. The van der Waals surface area contributed by atoms with Crippen LogP contribution >= 0.6 is 0 Å². The number of hydrogen-bond acceptors (Lipinski definition) is 4. The Morgan fingerprint density at radius 1 is 1.59 bits per heavy atom. The van der Waals surface area contributed by atoms with E-state index in [9.17, 15) is 9.90 Å². The maximum Gasteiger partial charge on any atom is 0.252 e. The third kappa shape index (κ3) is 2.85. The summed E-state index contributed by atoms with van der Waals surface area (Å²) in [5, 5.41) is 12.8. The van der Waals surface area contributed by atoms with Gasteiger partial charge in [0.25, 0.3) is 5.56 Å². The number of nitrogens with zero attached hydrogens (tertiary/aromatic N) is 1. The number of nitrogens with one attached hydrogen (secondary N) is 2. The van der Waals surface area contributed by atoms with Gasteiger partial charge in [-0.15, -0.1) is 0 Å². The number of aromatic nitrogens is 2. The molecule has 1 aromatic rings. The van der Waals surface area contributed by atoms with E-state index >= 15 is 0 Å². The van der Waals surface area contributed by atoms with E-state index in [4.69, 9.17) is 0 Å². The Bertz CT molecular complexity index is 422. The van der Waals surface area contributed by atoms with Crippen molar-refractivity contribution in [3.8, 4) is 0 Å². The number of anilines is 1. The maximum absolute atomic E-state index is 11.2. The summed E-state index contributed by atoms with van der Waals surface area (Å²) in [6, 6.07) is 1.43. The number of aromatic amines is 1. The van der Waals surface area contributed by atoms with Crippen molar-refractivity contribution in [3.05, 3.63) is 22.7 Å². The highest BCUT2D eigenvalue weighted by Crippen LogP contribution is 2.33. The monoisotopic (exact) mass is 237 g/mol. The minimum Gasteiger partial charge on any atom is -0.394 e. The quantitative estimate of drug-likeness (QED) is 0.736. The number of H-pyrrole nitrogens is 1. The fraction of sp³-hybridized carbons (Fsp3) is 0.667. The van der Waals surface area contributed by atoms with Crippen LogP contribution in [0.4, 0.5) is 5.82 Å². The fourth-order valence-corrected chi connectivity index (χ4v) is 2.35. The first kappa shape index (κ1) is 12.1. The first-order valence-electron chi connectivity index (χ1n) is 6.07. The van der Waals surface area contributed by atoms with Gasteiger partial charge in [0.1, 0.15) is 5.82 Å². The van der Waals surface area contributed by atoms with Crippen LogP contribution in [0.25, 0.3) is 0 Å². The average molecular weight is 237 g/mol. The number of aliphatic hydroxyl groups excluding tert-OH is 1. The molecule has 1 heterocycles. The Hall–Kier alpha value is -1.36. The summed E-state index contributed by atoms with van der Waals surface area (Å²) in [5.74, 6) is 1.25. The Kier molecular flexibility index (Phi) is 3.47. The van der Waals surface area contributed by atoms with Gasteiger partial charge in [0.2, 0.25) is 0 Å². The first-order valence-corrected chi connectivity index (χ1v) is 6.07. The number of rotatable bonds is 3. The van der Waals surface area contributed by atoms with Crippen molar-refractivity contribution in [2.75, 3.05) is 11.9 Å². The molecule has 3 N–H and O–H groups in total. The summed E-state index contributed by atoms with van der Waals surface area (Å²) >= 11 is 0.